The van der Waals surface area contributed by atoms with Crippen molar-refractivity contribution < 1.29 is 19.1 Å². The summed E-state index contributed by atoms with van der Waals surface area (Å²) in [6.45, 7) is 5.00. The van der Waals surface area contributed by atoms with Crippen LogP contribution in [0.5, 0.6) is 5.75 Å². The second-order valence-electron chi connectivity index (χ2n) is 5.80. The molecule has 2 aromatic rings. The average Bonchev–Trinajstić information content (AvgIpc) is 3.08. The van der Waals surface area contributed by atoms with Gasteiger partial charge in [0.05, 0.1) is 4.88 Å². The molecule has 25 heavy (non-hydrogen) atoms. The van der Waals surface area contributed by atoms with Crippen LogP contribution < -0.4 is 15.4 Å². The van der Waals surface area contributed by atoms with Crippen molar-refractivity contribution in [3.05, 3.63) is 46.7 Å². The van der Waals surface area contributed by atoms with Gasteiger partial charge in [0, 0.05) is 12.6 Å². The van der Waals surface area contributed by atoms with Crippen LogP contribution in [-0.2, 0) is 9.59 Å². The summed E-state index contributed by atoms with van der Waals surface area (Å²) in [4.78, 5) is 36.0. The van der Waals surface area contributed by atoms with Crippen molar-refractivity contribution in [2.75, 3.05) is 5.32 Å². The van der Waals surface area contributed by atoms with Crippen molar-refractivity contribution in [3.8, 4) is 5.75 Å². The number of carbonyl (C=O) groups excluding carboxylic acids is 3. The number of carbonyl (C=O) groups is 3. The van der Waals surface area contributed by atoms with Crippen LogP contribution in [0.4, 0.5) is 5.69 Å². The van der Waals surface area contributed by atoms with Crippen LogP contribution in [0.1, 0.15) is 30.4 Å². The summed E-state index contributed by atoms with van der Waals surface area (Å²) >= 11 is 1.36. The molecule has 1 heterocycles. The minimum atomic E-state index is -0.712. The quantitative estimate of drug-likeness (QED) is 0.612. The second-order valence-corrected chi connectivity index (χ2v) is 6.75. The Bertz CT molecular complexity index is 739. The number of thiophene rings is 1. The van der Waals surface area contributed by atoms with Crippen LogP contribution in [-0.4, -0.2) is 23.8 Å². The largest absolute Gasteiger partial charge is 0.425 e. The summed E-state index contributed by atoms with van der Waals surface area (Å²) in [5.74, 6) is -0.760. The Morgan fingerprint density at radius 1 is 1.08 bits per heavy atom. The SMILES string of the molecule is CC(=O)NC(C(=O)Oc1ccc(NC(=O)c2cccs2)cc1)C(C)C. The van der Waals surface area contributed by atoms with Crippen LogP contribution in [0.15, 0.2) is 41.8 Å². The van der Waals surface area contributed by atoms with Gasteiger partial charge in [0.15, 0.2) is 0 Å². The predicted octanol–water partition coefficient (Wildman–Crippen LogP) is 3.07. The van der Waals surface area contributed by atoms with Crippen LogP contribution in [0, 0.1) is 5.92 Å². The molecule has 7 heteroatoms. The van der Waals surface area contributed by atoms with Crippen molar-refractivity contribution in [3.63, 3.8) is 0 Å². The molecule has 2 amide bonds. The van der Waals surface area contributed by atoms with Crippen LogP contribution in [0.3, 0.4) is 0 Å². The first-order valence-electron chi connectivity index (χ1n) is 7.80. The first kappa shape index (κ1) is 18.7. The van der Waals surface area contributed by atoms with E-state index in [1.807, 2.05) is 25.3 Å². The molecule has 2 rings (SSSR count). The summed E-state index contributed by atoms with van der Waals surface area (Å²) in [5, 5.41) is 7.18. The van der Waals surface area contributed by atoms with Crippen LogP contribution >= 0.6 is 11.3 Å². The van der Waals surface area contributed by atoms with Crippen molar-refractivity contribution in [1.29, 1.82) is 0 Å². The van der Waals surface area contributed by atoms with Gasteiger partial charge in [0.1, 0.15) is 11.8 Å². The normalized spacial score (nSPS) is 11.7. The van der Waals surface area contributed by atoms with Gasteiger partial charge in [-0.2, -0.15) is 0 Å². The van der Waals surface area contributed by atoms with E-state index in [0.29, 0.717) is 16.3 Å². The highest BCUT2D eigenvalue weighted by atomic mass is 32.1. The van der Waals surface area contributed by atoms with E-state index in [0.717, 1.165) is 0 Å². The molecule has 0 saturated heterocycles. The maximum atomic E-state index is 12.2. The van der Waals surface area contributed by atoms with Gasteiger partial charge >= 0.3 is 5.97 Å². The molecule has 6 nitrogen and oxygen atoms in total. The Morgan fingerprint density at radius 3 is 2.28 bits per heavy atom. The van der Waals surface area contributed by atoms with Gasteiger partial charge in [-0.15, -0.1) is 11.3 Å². The lowest BCUT2D eigenvalue weighted by Gasteiger charge is -2.19. The molecule has 0 radical (unpaired) electrons. The Hall–Kier alpha value is -2.67. The second kappa shape index (κ2) is 8.43. The summed E-state index contributed by atoms with van der Waals surface area (Å²) in [7, 11) is 0. The molecule has 1 aromatic heterocycles. The third kappa shape index (κ3) is 5.42. The zero-order chi connectivity index (χ0) is 18.4. The number of hydrogen-bond acceptors (Lipinski definition) is 5. The van der Waals surface area contributed by atoms with Gasteiger partial charge in [0.2, 0.25) is 5.91 Å². The fourth-order valence-corrected chi connectivity index (χ4v) is 2.72. The lowest BCUT2D eigenvalue weighted by Crippen LogP contribution is -2.45. The maximum Gasteiger partial charge on any atom is 0.334 e. The minimum absolute atomic E-state index is 0.0965. The fraction of sp³-hybridized carbons (Fsp3) is 0.278. The molecule has 0 aliphatic rings. The Balaban J connectivity index is 1.98. The van der Waals surface area contributed by atoms with E-state index in [2.05, 4.69) is 10.6 Å². The van der Waals surface area contributed by atoms with E-state index in [4.69, 9.17) is 4.74 Å². The first-order valence-corrected chi connectivity index (χ1v) is 8.68. The zero-order valence-electron chi connectivity index (χ0n) is 14.2. The van der Waals surface area contributed by atoms with Gasteiger partial charge in [-0.05, 0) is 41.6 Å². The van der Waals surface area contributed by atoms with Gasteiger partial charge in [0.25, 0.3) is 5.91 Å². The number of esters is 1. The molecular formula is C18H20N2O4S. The van der Waals surface area contributed by atoms with E-state index in [9.17, 15) is 14.4 Å². The monoisotopic (exact) mass is 360 g/mol. The molecule has 1 unspecified atom stereocenters. The Labute approximate surface area is 150 Å². The first-order chi connectivity index (χ1) is 11.9. The molecule has 2 N–H and O–H groups in total. The third-order valence-corrected chi connectivity index (χ3v) is 4.22. The number of amides is 2. The molecular weight excluding hydrogens is 340 g/mol. The molecule has 0 fully saturated rings. The van der Waals surface area contributed by atoms with Gasteiger partial charge in [-0.1, -0.05) is 19.9 Å². The van der Waals surface area contributed by atoms with Crippen molar-refractivity contribution in [1.82, 2.24) is 5.32 Å². The molecule has 132 valence electrons. The predicted molar refractivity (Wildman–Crippen MR) is 96.8 cm³/mol. The number of rotatable bonds is 6. The van der Waals surface area contributed by atoms with Crippen molar-refractivity contribution >= 4 is 34.8 Å². The summed E-state index contributed by atoms with van der Waals surface area (Å²) in [6.07, 6.45) is 0. The summed E-state index contributed by atoms with van der Waals surface area (Å²) in [6, 6.07) is 9.32. The van der Waals surface area contributed by atoms with E-state index >= 15 is 0 Å². The highest BCUT2D eigenvalue weighted by Gasteiger charge is 2.25. The van der Waals surface area contributed by atoms with E-state index in [-0.39, 0.29) is 17.7 Å². The van der Waals surface area contributed by atoms with Gasteiger partial charge in [-0.3, -0.25) is 9.59 Å². The highest BCUT2D eigenvalue weighted by molar-refractivity contribution is 7.12. The standard InChI is InChI=1S/C18H20N2O4S/c1-11(2)16(19-12(3)21)18(23)24-14-8-6-13(7-9-14)20-17(22)15-5-4-10-25-15/h4-11,16H,1-3H3,(H,19,21)(H,20,22). The third-order valence-electron chi connectivity index (χ3n) is 3.35. The Morgan fingerprint density at radius 2 is 1.76 bits per heavy atom. The van der Waals surface area contributed by atoms with Crippen molar-refractivity contribution in [2.45, 2.75) is 26.8 Å². The van der Waals surface area contributed by atoms with Crippen LogP contribution in [0.25, 0.3) is 0 Å². The minimum Gasteiger partial charge on any atom is -0.425 e. The Kier molecular flexibility index (Phi) is 6.30. The topological polar surface area (TPSA) is 84.5 Å². The number of anilines is 1. The number of ether oxygens (including phenoxy) is 1. The molecule has 0 bridgehead atoms. The molecule has 0 saturated carbocycles. The molecule has 1 aromatic carbocycles. The lowest BCUT2D eigenvalue weighted by molar-refractivity contribution is -0.140. The lowest BCUT2D eigenvalue weighted by atomic mass is 10.0. The number of hydrogen-bond donors (Lipinski definition) is 2. The smallest absolute Gasteiger partial charge is 0.334 e. The average molecular weight is 360 g/mol. The van der Waals surface area contributed by atoms with E-state index < -0.39 is 12.0 Å². The molecule has 0 aliphatic carbocycles. The maximum absolute atomic E-state index is 12.2. The fourth-order valence-electron chi connectivity index (χ4n) is 2.10. The highest BCUT2D eigenvalue weighted by Crippen LogP contribution is 2.19. The molecule has 0 aliphatic heterocycles. The number of benzene rings is 1. The van der Waals surface area contributed by atoms with Crippen molar-refractivity contribution in [2.24, 2.45) is 5.92 Å². The summed E-state index contributed by atoms with van der Waals surface area (Å²) in [5.41, 5.74) is 0.598. The van der Waals surface area contributed by atoms with Gasteiger partial charge < -0.3 is 15.4 Å². The van der Waals surface area contributed by atoms with E-state index in [1.165, 1.54) is 18.3 Å². The van der Waals surface area contributed by atoms with Gasteiger partial charge in [-0.25, -0.2) is 4.79 Å². The summed E-state index contributed by atoms with van der Waals surface area (Å²) < 4.78 is 5.31. The molecule has 1 atom stereocenters. The van der Waals surface area contributed by atoms with E-state index in [1.54, 1.807) is 30.3 Å². The molecule has 0 spiro atoms. The zero-order valence-corrected chi connectivity index (χ0v) is 15.1. The van der Waals surface area contributed by atoms with Crippen LogP contribution in [0.2, 0.25) is 0 Å². The number of nitrogens with one attached hydrogen (secondary N) is 2.